The Morgan fingerprint density at radius 3 is 1.33 bits per heavy atom. The summed E-state index contributed by atoms with van der Waals surface area (Å²) in [5, 5.41) is 0.681. The van der Waals surface area contributed by atoms with E-state index < -0.39 is 33.8 Å². The summed E-state index contributed by atoms with van der Waals surface area (Å²) in [5.74, 6) is -2.26. The van der Waals surface area contributed by atoms with Crippen LogP contribution in [-0.2, 0) is 48.4 Å². The number of ether oxygens (including phenoxy) is 3. The summed E-state index contributed by atoms with van der Waals surface area (Å²) in [6, 6.07) is 18.7. The maximum absolute atomic E-state index is 13.2. The quantitative estimate of drug-likeness (QED) is 0.187. The maximum atomic E-state index is 13.2. The third-order valence-electron chi connectivity index (χ3n) is 5.98. The molecule has 0 saturated carbocycles. The summed E-state index contributed by atoms with van der Waals surface area (Å²) in [5.41, 5.74) is 1.38. The number of hydrogen-bond acceptors (Lipinski definition) is 6. The molecule has 0 aliphatic rings. The Hall–Kier alpha value is -3.78. The second-order valence-corrected chi connectivity index (χ2v) is 14.2. The normalized spacial score (nSPS) is 10.6. The van der Waals surface area contributed by atoms with Crippen molar-refractivity contribution < 1.29 is 37.4 Å². The first-order valence-corrected chi connectivity index (χ1v) is 15.2. The number of halogens is 3. The maximum Gasteiger partial charge on any atom is 0.311 e. The van der Waals surface area contributed by atoms with Crippen molar-refractivity contribution >= 4 is 29.5 Å². The molecule has 0 bridgehead atoms. The third-order valence-corrected chi connectivity index (χ3v) is 6.23. The summed E-state index contributed by atoms with van der Waals surface area (Å²) >= 11 is 5.74. The van der Waals surface area contributed by atoms with Crippen LogP contribution in [0.15, 0.2) is 66.7 Å². The van der Waals surface area contributed by atoms with Gasteiger partial charge in [-0.1, -0.05) is 81.9 Å². The fraction of sp³-hybridized carbons (Fsp3) is 0.475. The van der Waals surface area contributed by atoms with Crippen LogP contribution in [0.4, 0.5) is 8.78 Å². The van der Waals surface area contributed by atoms with E-state index in [1.807, 2.05) is 84.9 Å². The van der Waals surface area contributed by atoms with Gasteiger partial charge >= 0.3 is 17.9 Å². The molecule has 0 fully saturated rings. The zero-order valence-corrected chi connectivity index (χ0v) is 29.3. The average molecular weight is 709 g/mol. The van der Waals surface area contributed by atoms with Crippen molar-refractivity contribution in [3.05, 3.63) is 106 Å². The van der Waals surface area contributed by atoms with Crippen molar-refractivity contribution in [1.29, 1.82) is 0 Å². The monoisotopic (exact) mass is 708 g/mol. The van der Waals surface area contributed by atoms with Crippen LogP contribution in [0.5, 0.6) is 0 Å². The minimum Gasteiger partial charge on any atom is -0.460 e. The van der Waals surface area contributed by atoms with Crippen LogP contribution in [0, 0.1) is 34.8 Å². The second kappa shape index (κ2) is 22.0. The van der Waals surface area contributed by atoms with Gasteiger partial charge in [0.1, 0.15) is 31.5 Å². The van der Waals surface area contributed by atoms with Crippen LogP contribution in [0.25, 0.3) is 0 Å². The lowest BCUT2D eigenvalue weighted by atomic mass is 9.97. The van der Waals surface area contributed by atoms with Crippen molar-refractivity contribution in [2.45, 2.75) is 111 Å². The number of rotatable bonds is 6. The van der Waals surface area contributed by atoms with Gasteiger partial charge in [0.25, 0.3) is 0 Å². The summed E-state index contributed by atoms with van der Waals surface area (Å²) < 4.78 is 41.5. The summed E-state index contributed by atoms with van der Waals surface area (Å²) in [6.07, 6.45) is 0. The fourth-order valence-electron chi connectivity index (χ4n) is 3.14. The molecule has 6 nitrogen and oxygen atoms in total. The zero-order valence-electron chi connectivity index (χ0n) is 28.6. The van der Waals surface area contributed by atoms with Gasteiger partial charge in [-0.15, -0.1) is 0 Å². The van der Waals surface area contributed by atoms with E-state index >= 15 is 0 Å². The molecule has 0 N–H and O–H groups in total. The molecule has 0 aliphatic heterocycles. The Kier molecular flexibility index (Phi) is 22.3. The number of aryl methyl sites for hydroxylation is 1. The minimum absolute atomic E-state index is 0. The summed E-state index contributed by atoms with van der Waals surface area (Å²) in [4.78, 5) is 34.4. The van der Waals surface area contributed by atoms with Gasteiger partial charge in [0.05, 0.1) is 21.8 Å². The average Bonchev–Trinajstić information content (AvgIpc) is 2.94. The second-order valence-electron chi connectivity index (χ2n) is 13.8. The summed E-state index contributed by atoms with van der Waals surface area (Å²) in [6.45, 7) is 18.4. The minimum atomic E-state index is -0.707. The van der Waals surface area contributed by atoms with Gasteiger partial charge in [0.2, 0.25) is 0 Å². The molecule has 0 aliphatic carbocycles. The Labute approximate surface area is 299 Å². The zero-order chi connectivity index (χ0) is 35.3. The number of esters is 3. The van der Waals surface area contributed by atoms with Crippen molar-refractivity contribution in [2.24, 2.45) is 16.2 Å². The molecule has 0 atom stereocenters. The number of benzene rings is 3. The van der Waals surface area contributed by atoms with E-state index in [1.54, 1.807) is 32.9 Å². The third kappa shape index (κ3) is 19.7. The van der Waals surface area contributed by atoms with Crippen LogP contribution in [-0.4, -0.2) is 17.9 Å². The van der Waals surface area contributed by atoms with Crippen molar-refractivity contribution in [3.63, 3.8) is 0 Å². The van der Waals surface area contributed by atoms with Gasteiger partial charge in [-0.2, -0.15) is 0 Å². The highest BCUT2D eigenvalue weighted by Crippen LogP contribution is 2.20. The molecule has 0 amide bonds. The van der Waals surface area contributed by atoms with Gasteiger partial charge < -0.3 is 14.2 Å². The molecule has 9 heteroatoms. The van der Waals surface area contributed by atoms with Crippen LogP contribution in [0.1, 0.15) is 107 Å². The Balaban J connectivity index is -0.000000629. The first kappa shape index (κ1) is 49.6. The van der Waals surface area contributed by atoms with Gasteiger partial charge in [0, 0.05) is 5.02 Å². The van der Waals surface area contributed by atoms with Gasteiger partial charge in [-0.25, -0.2) is 8.78 Å². The van der Waals surface area contributed by atoms with Gasteiger partial charge in [-0.3, -0.25) is 14.4 Å². The van der Waals surface area contributed by atoms with Gasteiger partial charge in [0.15, 0.2) is 0 Å². The summed E-state index contributed by atoms with van der Waals surface area (Å²) in [7, 11) is 0. The van der Waals surface area contributed by atoms with E-state index in [2.05, 4.69) is 0 Å². The molecule has 3 aromatic carbocycles. The highest BCUT2D eigenvalue weighted by Gasteiger charge is 2.25. The molecule has 49 heavy (non-hydrogen) atoms. The molecular formula is C40H59ClF2O6. The van der Waals surface area contributed by atoms with Crippen LogP contribution in [0.3, 0.4) is 0 Å². The SMILES string of the molecule is C.C.C.CC(C)(C)C(=O)OCc1c(F)cccc1F.CC(C)(C)C(=O)OCc1ccc(Cl)cc1.Cc1cccc(COC(=O)C(C)(C)C)c1. The molecule has 3 rings (SSSR count). The van der Waals surface area contributed by atoms with E-state index in [0.29, 0.717) is 18.2 Å². The standard InChI is InChI=1S/C13H18O2.C12H15ClO2.C12H14F2O2.3CH4/c1-10-6-5-7-11(8-10)9-15-12(14)13(2,3)4;1-12(2,3)11(14)15-8-9-4-6-10(13)7-5-9;1-12(2,3)11(15)16-7-8-9(13)5-4-6-10(8)14;;;/h5-8H,9H2,1-4H3;4-7H,8H2,1-3H3;4-6H,7H2,1-3H3;3*1H4. The molecule has 0 spiro atoms. The van der Waals surface area contributed by atoms with E-state index in [1.165, 1.54) is 11.6 Å². The van der Waals surface area contributed by atoms with Crippen molar-refractivity contribution in [3.8, 4) is 0 Å². The lowest BCUT2D eigenvalue weighted by Crippen LogP contribution is -2.23. The van der Waals surface area contributed by atoms with E-state index in [4.69, 9.17) is 25.8 Å². The first-order valence-electron chi connectivity index (χ1n) is 14.9. The topological polar surface area (TPSA) is 78.9 Å². The van der Waals surface area contributed by atoms with E-state index in [-0.39, 0.29) is 46.4 Å². The Morgan fingerprint density at radius 1 is 0.571 bits per heavy atom. The predicted molar refractivity (Wildman–Crippen MR) is 197 cm³/mol. The number of carbonyl (C=O) groups excluding carboxylic acids is 3. The van der Waals surface area contributed by atoms with Gasteiger partial charge in [-0.05, 0) is 105 Å². The van der Waals surface area contributed by atoms with Crippen LogP contribution in [0.2, 0.25) is 5.02 Å². The van der Waals surface area contributed by atoms with E-state index in [0.717, 1.165) is 23.3 Å². The van der Waals surface area contributed by atoms with Crippen LogP contribution < -0.4 is 0 Å². The van der Waals surface area contributed by atoms with Crippen molar-refractivity contribution in [1.82, 2.24) is 0 Å². The molecule has 0 heterocycles. The number of carbonyl (C=O) groups is 3. The molecule has 276 valence electrons. The predicted octanol–water partition coefficient (Wildman–Crippen LogP) is 11.5. The fourth-order valence-corrected chi connectivity index (χ4v) is 3.26. The van der Waals surface area contributed by atoms with Crippen molar-refractivity contribution in [2.75, 3.05) is 0 Å². The lowest BCUT2D eigenvalue weighted by Gasteiger charge is -2.16. The molecule has 0 unspecified atom stereocenters. The molecule has 3 aromatic rings. The molecule has 0 saturated heterocycles. The highest BCUT2D eigenvalue weighted by atomic mass is 35.5. The van der Waals surface area contributed by atoms with E-state index in [9.17, 15) is 23.2 Å². The molecule has 0 aromatic heterocycles. The molecule has 0 radical (unpaired) electrons. The lowest BCUT2D eigenvalue weighted by molar-refractivity contribution is -0.155. The highest BCUT2D eigenvalue weighted by molar-refractivity contribution is 6.30. The molecular weight excluding hydrogens is 650 g/mol. The largest absolute Gasteiger partial charge is 0.460 e. The Morgan fingerprint density at radius 2 is 0.939 bits per heavy atom. The smallest absolute Gasteiger partial charge is 0.311 e. The van der Waals surface area contributed by atoms with Crippen LogP contribution >= 0.6 is 11.6 Å². The Bertz CT molecular complexity index is 1410. The number of hydrogen-bond donors (Lipinski definition) is 0. The first-order chi connectivity index (χ1) is 21.1.